The molecule has 1 aliphatic rings. The second-order valence-electron chi connectivity index (χ2n) is 7.19. The zero-order valence-corrected chi connectivity index (χ0v) is 20.1. The van der Waals surface area contributed by atoms with Crippen LogP contribution in [0.25, 0.3) is 21.5 Å². The Morgan fingerprint density at radius 2 is 1.19 bits per heavy atom. The fraction of sp³-hybridized carbons (Fsp3) is 0.0400. The molecule has 0 fully saturated rings. The molecular formula is C25H16Cl2O2STi. The van der Waals surface area contributed by atoms with Crippen LogP contribution in [0, 0.1) is 0 Å². The SMILES string of the molecule is [Cl-].[Cl-].c1ccc2c3c(ccc2c1)C(c1ccsc1)c1ccc2ccccc2c1[O][Ti+2][O]3. The summed E-state index contributed by atoms with van der Waals surface area (Å²) in [5.41, 5.74) is 3.70. The Morgan fingerprint density at radius 1 is 0.645 bits per heavy atom. The Bertz CT molecular complexity index is 1270. The van der Waals surface area contributed by atoms with Crippen LogP contribution >= 0.6 is 11.3 Å². The Hall–Kier alpha value is -2.01. The first-order valence-electron chi connectivity index (χ1n) is 9.54. The summed E-state index contributed by atoms with van der Waals surface area (Å²) in [6, 6.07) is 28.0. The Balaban J connectivity index is 0.00000116. The van der Waals surface area contributed by atoms with Gasteiger partial charge in [0, 0.05) is 0 Å². The maximum atomic E-state index is 6.38. The van der Waals surface area contributed by atoms with E-state index in [4.69, 9.17) is 6.64 Å². The van der Waals surface area contributed by atoms with Crippen LogP contribution in [0.3, 0.4) is 0 Å². The molecule has 152 valence electrons. The van der Waals surface area contributed by atoms with Crippen molar-refractivity contribution in [2.75, 3.05) is 0 Å². The number of benzene rings is 4. The molecule has 0 amide bonds. The quantitative estimate of drug-likeness (QED) is 0.320. The van der Waals surface area contributed by atoms with Gasteiger partial charge in [0.15, 0.2) is 0 Å². The van der Waals surface area contributed by atoms with E-state index >= 15 is 0 Å². The molecule has 2 heterocycles. The first-order chi connectivity index (χ1) is 14.4. The van der Waals surface area contributed by atoms with E-state index in [1.165, 1.54) is 27.5 Å². The summed E-state index contributed by atoms with van der Waals surface area (Å²) in [6.45, 7) is 0. The van der Waals surface area contributed by atoms with Crippen molar-refractivity contribution in [3.05, 3.63) is 106 Å². The zero-order valence-electron chi connectivity index (χ0n) is 16.2. The predicted octanol–water partition coefficient (Wildman–Crippen LogP) is 0.926. The van der Waals surface area contributed by atoms with Gasteiger partial charge < -0.3 is 24.8 Å². The Labute approximate surface area is 206 Å². The van der Waals surface area contributed by atoms with Crippen molar-refractivity contribution in [3.8, 4) is 11.5 Å². The van der Waals surface area contributed by atoms with E-state index in [0.29, 0.717) is 0 Å². The topological polar surface area (TPSA) is 18.5 Å². The van der Waals surface area contributed by atoms with Gasteiger partial charge in [-0.15, -0.1) is 0 Å². The van der Waals surface area contributed by atoms with E-state index in [1.807, 2.05) is 0 Å². The molecule has 31 heavy (non-hydrogen) atoms. The monoisotopic (exact) mass is 498 g/mol. The molecule has 1 aromatic heterocycles. The van der Waals surface area contributed by atoms with Crippen molar-refractivity contribution in [1.82, 2.24) is 0 Å². The van der Waals surface area contributed by atoms with Gasteiger partial charge in [-0.05, 0) is 0 Å². The van der Waals surface area contributed by atoms with Gasteiger partial charge in [-0.3, -0.25) is 0 Å². The number of thiophene rings is 1. The molecule has 4 aromatic carbocycles. The van der Waals surface area contributed by atoms with Crippen LogP contribution in [0.2, 0.25) is 0 Å². The van der Waals surface area contributed by atoms with Crippen molar-refractivity contribution in [2.24, 2.45) is 0 Å². The van der Waals surface area contributed by atoms with Crippen molar-refractivity contribution < 1.29 is 51.4 Å². The fourth-order valence-electron chi connectivity index (χ4n) is 4.27. The fourth-order valence-corrected chi connectivity index (χ4v) is 6.00. The third-order valence-corrected chi connectivity index (χ3v) is 7.21. The molecule has 6 rings (SSSR count). The number of hydrogen-bond acceptors (Lipinski definition) is 3. The van der Waals surface area contributed by atoms with Gasteiger partial charge in [-0.2, -0.15) is 0 Å². The molecule has 0 radical (unpaired) electrons. The predicted molar refractivity (Wildman–Crippen MR) is 114 cm³/mol. The van der Waals surface area contributed by atoms with E-state index in [2.05, 4.69) is 89.6 Å². The summed E-state index contributed by atoms with van der Waals surface area (Å²) in [6.07, 6.45) is 0. The van der Waals surface area contributed by atoms with Crippen LogP contribution in [0.4, 0.5) is 0 Å². The number of halogens is 2. The minimum absolute atomic E-state index is 0. The molecule has 0 bridgehead atoms. The van der Waals surface area contributed by atoms with E-state index in [0.717, 1.165) is 22.3 Å². The summed E-state index contributed by atoms with van der Waals surface area (Å²) in [7, 11) is 0. The second-order valence-corrected chi connectivity index (χ2v) is 8.87. The van der Waals surface area contributed by atoms with Gasteiger partial charge >= 0.3 is 183 Å². The minimum atomic E-state index is -1.09. The molecule has 6 heteroatoms. The molecule has 0 aliphatic carbocycles. The first kappa shape index (κ1) is 22.2. The van der Waals surface area contributed by atoms with Gasteiger partial charge in [0.05, 0.1) is 0 Å². The Kier molecular flexibility index (Phi) is 6.61. The molecule has 1 aliphatic heterocycles. The van der Waals surface area contributed by atoms with Crippen molar-refractivity contribution in [1.29, 1.82) is 0 Å². The van der Waals surface area contributed by atoms with Gasteiger partial charge in [-0.25, -0.2) is 0 Å². The van der Waals surface area contributed by atoms with E-state index in [9.17, 15) is 0 Å². The third kappa shape index (κ3) is 3.75. The maximum absolute atomic E-state index is 6.38. The number of hydrogen-bond donors (Lipinski definition) is 0. The molecule has 0 atom stereocenters. The molecule has 0 saturated carbocycles. The molecule has 2 nitrogen and oxygen atoms in total. The summed E-state index contributed by atoms with van der Waals surface area (Å²) in [5.74, 6) is 2.02. The first-order valence-corrected chi connectivity index (χ1v) is 11.8. The summed E-state index contributed by atoms with van der Waals surface area (Å²) in [5, 5.41) is 9.08. The van der Waals surface area contributed by atoms with Crippen LogP contribution in [0.1, 0.15) is 22.6 Å². The summed E-state index contributed by atoms with van der Waals surface area (Å²) in [4.78, 5) is 0. The third-order valence-electron chi connectivity index (χ3n) is 5.61. The molecule has 5 aromatic rings. The van der Waals surface area contributed by atoms with E-state index in [1.54, 1.807) is 11.3 Å². The van der Waals surface area contributed by atoms with Crippen LogP contribution in [-0.4, -0.2) is 0 Å². The molecule has 0 N–H and O–H groups in total. The van der Waals surface area contributed by atoms with Crippen molar-refractivity contribution in [3.63, 3.8) is 0 Å². The van der Waals surface area contributed by atoms with Crippen LogP contribution < -0.4 is 31.5 Å². The van der Waals surface area contributed by atoms with Gasteiger partial charge in [0.1, 0.15) is 0 Å². The molecule has 0 saturated heterocycles. The summed E-state index contributed by atoms with van der Waals surface area (Å²) >= 11 is 0.641. The van der Waals surface area contributed by atoms with Gasteiger partial charge in [0.2, 0.25) is 0 Å². The van der Waals surface area contributed by atoms with E-state index in [-0.39, 0.29) is 30.7 Å². The van der Waals surface area contributed by atoms with Crippen LogP contribution in [-0.2, 0) is 19.9 Å². The van der Waals surface area contributed by atoms with E-state index < -0.39 is 19.9 Å². The zero-order chi connectivity index (χ0) is 19.2. The van der Waals surface area contributed by atoms with Gasteiger partial charge in [-0.1, -0.05) is 0 Å². The van der Waals surface area contributed by atoms with Crippen molar-refractivity contribution in [2.45, 2.75) is 5.92 Å². The number of fused-ring (bicyclic) bond motifs is 6. The van der Waals surface area contributed by atoms with Gasteiger partial charge in [0.25, 0.3) is 0 Å². The standard InChI is InChI=1S/C25H18O2S.2ClH.Ti/c26-24-19-7-3-1-5-16(19)9-11-21(24)23(18-13-14-28-15-18)22-12-10-17-6-2-4-8-20(17)25(22)27;;;/h1-15,23,26-27H;2*1H;/q;;;+4/p-4. The summed E-state index contributed by atoms with van der Waals surface area (Å²) < 4.78 is 12.8. The average Bonchev–Trinajstić information content (AvgIpc) is 3.28. The molecule has 0 spiro atoms. The number of rotatable bonds is 1. The van der Waals surface area contributed by atoms with Crippen molar-refractivity contribution >= 4 is 32.9 Å². The molecular weight excluding hydrogens is 483 g/mol. The normalized spacial score (nSPS) is 12.4. The van der Waals surface area contributed by atoms with Crippen LogP contribution in [0.15, 0.2) is 89.6 Å². The average molecular weight is 499 g/mol. The second kappa shape index (κ2) is 9.24. The van der Waals surface area contributed by atoms with Crippen LogP contribution in [0.5, 0.6) is 11.5 Å². The molecule has 0 unspecified atom stereocenters. The Morgan fingerprint density at radius 3 is 1.71 bits per heavy atom.